The summed E-state index contributed by atoms with van der Waals surface area (Å²) < 4.78 is 19.3. The molecule has 0 amide bonds. The van der Waals surface area contributed by atoms with Crippen molar-refractivity contribution in [3.05, 3.63) is 124 Å². The number of para-hydroxylation sites is 2. The molecule has 7 nitrogen and oxygen atoms in total. The van der Waals surface area contributed by atoms with Crippen molar-refractivity contribution in [1.82, 2.24) is 4.57 Å². The summed E-state index contributed by atoms with van der Waals surface area (Å²) in [5.74, 6) is 0.889. The SMILES string of the molecule is Cc1c(CC(=O)OCc2ccccc2)c2cc(Cl)ccc2n1C(=O)c1ccc(OC[C@@H]2CN(C)c3ccccc3O2)cc1. The minimum atomic E-state index is -0.378. The topological polar surface area (TPSA) is 70.0 Å². The number of benzene rings is 4. The van der Waals surface area contributed by atoms with Crippen LogP contribution in [0.15, 0.2) is 97.1 Å². The Labute approximate surface area is 255 Å². The number of hydrogen-bond donors (Lipinski definition) is 0. The first kappa shape index (κ1) is 28.4. The molecule has 0 fully saturated rings. The van der Waals surface area contributed by atoms with E-state index in [-0.39, 0.29) is 31.0 Å². The van der Waals surface area contributed by atoms with E-state index in [4.69, 9.17) is 25.8 Å². The fraction of sp³-hybridized carbons (Fsp3) is 0.200. The molecule has 1 aromatic heterocycles. The second-order valence-corrected chi connectivity index (χ2v) is 11.0. The summed E-state index contributed by atoms with van der Waals surface area (Å²) in [4.78, 5) is 28.8. The smallest absolute Gasteiger partial charge is 0.310 e. The molecule has 0 spiro atoms. The molecule has 218 valence electrons. The van der Waals surface area contributed by atoms with Crippen LogP contribution in [0.2, 0.25) is 5.02 Å². The van der Waals surface area contributed by atoms with Crippen LogP contribution in [0.1, 0.15) is 27.2 Å². The predicted molar refractivity (Wildman–Crippen MR) is 167 cm³/mol. The number of rotatable bonds is 8. The molecule has 0 radical (unpaired) electrons. The van der Waals surface area contributed by atoms with Gasteiger partial charge in [0, 0.05) is 28.7 Å². The van der Waals surface area contributed by atoms with Gasteiger partial charge in [-0.15, -0.1) is 0 Å². The first-order chi connectivity index (χ1) is 20.9. The summed E-state index contributed by atoms with van der Waals surface area (Å²) in [7, 11) is 2.04. The quantitative estimate of drug-likeness (QED) is 0.183. The summed E-state index contributed by atoms with van der Waals surface area (Å²) in [6.07, 6.45) is -0.106. The summed E-state index contributed by atoms with van der Waals surface area (Å²) in [5.41, 5.74) is 4.51. The molecular weight excluding hydrogens is 564 g/mol. The molecule has 0 bridgehead atoms. The molecule has 4 aromatic carbocycles. The summed E-state index contributed by atoms with van der Waals surface area (Å²) in [6.45, 7) is 3.10. The number of esters is 1. The van der Waals surface area contributed by atoms with Crippen LogP contribution in [-0.4, -0.2) is 42.7 Å². The number of carbonyl (C=O) groups excluding carboxylic acids is 2. The molecule has 8 heteroatoms. The highest BCUT2D eigenvalue weighted by Crippen LogP contribution is 2.33. The standard InChI is InChI=1S/C35H31ClN2O5/c1-23-29(19-34(39)42-21-24-8-4-3-5-9-24)30-18-26(36)14-17-31(30)38(23)35(40)25-12-15-27(16-13-25)41-22-28-20-37(2)32-10-6-7-11-33(32)43-28/h3-18,28H,19-22H2,1-2H3/t28-/m0/s1. The molecule has 1 atom stereocenters. The van der Waals surface area contributed by atoms with Crippen LogP contribution >= 0.6 is 11.6 Å². The van der Waals surface area contributed by atoms with Gasteiger partial charge in [-0.05, 0) is 72.6 Å². The Morgan fingerprint density at radius 1 is 0.953 bits per heavy atom. The van der Waals surface area contributed by atoms with Gasteiger partial charge in [0.25, 0.3) is 5.91 Å². The molecular formula is C35H31ClN2O5. The van der Waals surface area contributed by atoms with Crippen LogP contribution in [0.5, 0.6) is 11.5 Å². The van der Waals surface area contributed by atoms with E-state index in [2.05, 4.69) is 4.90 Å². The predicted octanol–water partition coefficient (Wildman–Crippen LogP) is 6.85. The first-order valence-electron chi connectivity index (χ1n) is 14.1. The molecule has 5 aromatic rings. The average molecular weight is 595 g/mol. The van der Waals surface area contributed by atoms with Crippen molar-refractivity contribution in [3.8, 4) is 11.5 Å². The maximum Gasteiger partial charge on any atom is 0.310 e. The lowest BCUT2D eigenvalue weighted by Crippen LogP contribution is -2.41. The first-order valence-corrected chi connectivity index (χ1v) is 14.5. The fourth-order valence-corrected chi connectivity index (χ4v) is 5.64. The molecule has 2 heterocycles. The second kappa shape index (κ2) is 12.2. The Kier molecular flexibility index (Phi) is 8.07. The van der Waals surface area contributed by atoms with Gasteiger partial charge < -0.3 is 19.1 Å². The van der Waals surface area contributed by atoms with E-state index >= 15 is 0 Å². The van der Waals surface area contributed by atoms with Crippen LogP contribution in [0.4, 0.5) is 5.69 Å². The number of halogens is 1. The van der Waals surface area contributed by atoms with E-state index in [0.29, 0.717) is 46.3 Å². The van der Waals surface area contributed by atoms with Gasteiger partial charge in [0.15, 0.2) is 0 Å². The Bertz CT molecular complexity index is 1780. The highest BCUT2D eigenvalue weighted by atomic mass is 35.5. The lowest BCUT2D eigenvalue weighted by atomic mass is 10.1. The number of anilines is 1. The minimum absolute atomic E-state index is 0.0193. The third kappa shape index (κ3) is 6.08. The van der Waals surface area contributed by atoms with E-state index in [0.717, 1.165) is 22.4 Å². The third-order valence-corrected chi connectivity index (χ3v) is 7.88. The number of nitrogens with zero attached hydrogens (tertiary/aromatic N) is 2. The van der Waals surface area contributed by atoms with Crippen molar-refractivity contribution in [2.75, 3.05) is 25.1 Å². The van der Waals surface area contributed by atoms with E-state index in [1.165, 1.54) is 0 Å². The van der Waals surface area contributed by atoms with Crippen LogP contribution in [0, 0.1) is 6.92 Å². The number of likely N-dealkylation sites (N-methyl/N-ethyl adjacent to an activating group) is 1. The van der Waals surface area contributed by atoms with Crippen LogP contribution in [0.25, 0.3) is 10.9 Å². The van der Waals surface area contributed by atoms with Gasteiger partial charge in [-0.1, -0.05) is 54.1 Å². The Hall–Kier alpha value is -4.75. The second-order valence-electron chi connectivity index (χ2n) is 10.6. The van der Waals surface area contributed by atoms with E-state index in [9.17, 15) is 9.59 Å². The molecule has 1 aliphatic rings. The Morgan fingerprint density at radius 3 is 2.49 bits per heavy atom. The maximum atomic E-state index is 13.8. The molecule has 6 rings (SSSR count). The average Bonchev–Trinajstić information content (AvgIpc) is 3.29. The molecule has 1 aliphatic heterocycles. The highest BCUT2D eigenvalue weighted by Gasteiger charge is 2.25. The summed E-state index contributed by atoms with van der Waals surface area (Å²) in [6, 6.07) is 29.8. The maximum absolute atomic E-state index is 13.8. The van der Waals surface area contributed by atoms with Crippen molar-refractivity contribution in [1.29, 1.82) is 0 Å². The van der Waals surface area contributed by atoms with Crippen molar-refractivity contribution in [2.45, 2.75) is 26.1 Å². The largest absolute Gasteiger partial charge is 0.490 e. The number of fused-ring (bicyclic) bond motifs is 2. The molecule has 0 unspecified atom stereocenters. The van der Waals surface area contributed by atoms with Crippen molar-refractivity contribution >= 4 is 40.1 Å². The van der Waals surface area contributed by atoms with Crippen molar-refractivity contribution in [2.24, 2.45) is 0 Å². The van der Waals surface area contributed by atoms with Crippen molar-refractivity contribution in [3.63, 3.8) is 0 Å². The monoisotopic (exact) mass is 594 g/mol. The van der Waals surface area contributed by atoms with Gasteiger partial charge >= 0.3 is 5.97 Å². The van der Waals surface area contributed by atoms with Gasteiger partial charge in [0.2, 0.25) is 0 Å². The van der Waals surface area contributed by atoms with Gasteiger partial charge in [-0.3, -0.25) is 14.2 Å². The van der Waals surface area contributed by atoms with E-state index in [1.807, 2.05) is 68.6 Å². The summed E-state index contributed by atoms with van der Waals surface area (Å²) in [5, 5.41) is 1.27. The zero-order chi connectivity index (χ0) is 29.9. The number of ether oxygens (including phenoxy) is 3. The van der Waals surface area contributed by atoms with Gasteiger partial charge in [0.1, 0.15) is 30.8 Å². The van der Waals surface area contributed by atoms with E-state index < -0.39 is 0 Å². The molecule has 0 saturated carbocycles. The number of carbonyl (C=O) groups is 2. The molecule has 0 aliphatic carbocycles. The van der Waals surface area contributed by atoms with Gasteiger partial charge in [-0.2, -0.15) is 0 Å². The minimum Gasteiger partial charge on any atom is -0.490 e. The number of hydrogen-bond acceptors (Lipinski definition) is 6. The normalized spacial score (nSPS) is 14.2. The number of aromatic nitrogens is 1. The Morgan fingerprint density at radius 2 is 1.70 bits per heavy atom. The molecule has 0 saturated heterocycles. The van der Waals surface area contributed by atoms with E-state index in [1.54, 1.807) is 47.0 Å². The molecule has 43 heavy (non-hydrogen) atoms. The summed E-state index contributed by atoms with van der Waals surface area (Å²) >= 11 is 6.33. The zero-order valence-electron chi connectivity index (χ0n) is 24.0. The lowest BCUT2D eigenvalue weighted by Gasteiger charge is -2.33. The zero-order valence-corrected chi connectivity index (χ0v) is 24.7. The third-order valence-electron chi connectivity index (χ3n) is 7.65. The van der Waals surface area contributed by atoms with Crippen LogP contribution in [-0.2, 0) is 22.6 Å². The van der Waals surface area contributed by atoms with Gasteiger partial charge in [0.05, 0.1) is 24.2 Å². The molecule has 0 N–H and O–H groups in total. The van der Waals surface area contributed by atoms with Gasteiger partial charge in [-0.25, -0.2) is 0 Å². The Balaban J connectivity index is 1.17. The van der Waals surface area contributed by atoms with Crippen LogP contribution in [0.3, 0.4) is 0 Å². The highest BCUT2D eigenvalue weighted by molar-refractivity contribution is 6.31. The fourth-order valence-electron chi connectivity index (χ4n) is 5.47. The lowest BCUT2D eigenvalue weighted by molar-refractivity contribution is -0.144. The van der Waals surface area contributed by atoms with Crippen LogP contribution < -0.4 is 14.4 Å². The van der Waals surface area contributed by atoms with Crippen molar-refractivity contribution < 1.29 is 23.8 Å².